The Kier molecular flexibility index (Phi) is 7.84. The van der Waals surface area contributed by atoms with Crippen molar-refractivity contribution in [3.05, 3.63) is 83.3 Å². The van der Waals surface area contributed by atoms with Crippen molar-refractivity contribution in [1.82, 2.24) is 30.2 Å². The number of unbranched alkanes of at least 4 members (excludes halogenated alkanes) is 1. The summed E-state index contributed by atoms with van der Waals surface area (Å²) in [7, 11) is 3.27. The van der Waals surface area contributed by atoms with Crippen molar-refractivity contribution in [2.45, 2.75) is 39.0 Å². The van der Waals surface area contributed by atoms with Crippen LogP contribution in [0.3, 0.4) is 0 Å². The van der Waals surface area contributed by atoms with Gasteiger partial charge in [-0.1, -0.05) is 55.8 Å². The van der Waals surface area contributed by atoms with Crippen LogP contribution in [0.4, 0.5) is 0 Å². The van der Waals surface area contributed by atoms with Crippen molar-refractivity contribution < 1.29 is 9.47 Å². The van der Waals surface area contributed by atoms with Crippen LogP contribution in [-0.4, -0.2) is 44.4 Å². The lowest BCUT2D eigenvalue weighted by Gasteiger charge is -2.15. The first kappa shape index (κ1) is 25.0. The first-order chi connectivity index (χ1) is 18.2. The highest BCUT2D eigenvalue weighted by molar-refractivity contribution is 7.13. The van der Waals surface area contributed by atoms with Crippen molar-refractivity contribution in [2.75, 3.05) is 14.2 Å². The van der Waals surface area contributed by atoms with Crippen LogP contribution < -0.4 is 0 Å². The number of benzene rings is 2. The molecule has 0 amide bonds. The van der Waals surface area contributed by atoms with Gasteiger partial charge in [0.15, 0.2) is 0 Å². The number of H-pyrrole nitrogens is 1. The molecule has 0 fully saturated rings. The molecule has 9 heteroatoms. The zero-order valence-corrected chi connectivity index (χ0v) is 22.0. The smallest absolute Gasteiger partial charge is 0.205 e. The lowest BCUT2D eigenvalue weighted by molar-refractivity contribution is -0.108. The van der Waals surface area contributed by atoms with Gasteiger partial charge in [0.1, 0.15) is 11.5 Å². The number of tetrazole rings is 1. The molecular weight excluding hydrogens is 484 g/mol. The molecule has 0 aliphatic carbocycles. The minimum atomic E-state index is -0.479. The summed E-state index contributed by atoms with van der Waals surface area (Å²) in [5.41, 5.74) is 6.29. The summed E-state index contributed by atoms with van der Waals surface area (Å²) in [6.45, 7) is 2.90. The summed E-state index contributed by atoms with van der Waals surface area (Å²) in [5.74, 6) is 1.62. The second-order valence-corrected chi connectivity index (χ2v) is 9.70. The quantitative estimate of drug-likeness (QED) is 0.213. The van der Waals surface area contributed by atoms with E-state index in [9.17, 15) is 0 Å². The van der Waals surface area contributed by atoms with Gasteiger partial charge in [-0.25, -0.2) is 4.98 Å². The Bertz CT molecular complexity index is 1430. The Hall–Kier alpha value is -3.66. The third kappa shape index (κ3) is 5.39. The monoisotopic (exact) mass is 514 g/mol. The Morgan fingerprint density at radius 3 is 2.49 bits per heavy atom. The summed E-state index contributed by atoms with van der Waals surface area (Å²) in [5, 5.41) is 16.9. The topological polar surface area (TPSA) is 90.7 Å². The van der Waals surface area contributed by atoms with Crippen LogP contribution >= 0.6 is 11.3 Å². The van der Waals surface area contributed by atoms with E-state index in [1.807, 2.05) is 24.4 Å². The molecule has 0 saturated carbocycles. The van der Waals surface area contributed by atoms with Crippen LogP contribution in [-0.2, 0) is 22.4 Å². The van der Waals surface area contributed by atoms with Gasteiger partial charge in [0.25, 0.3) is 0 Å². The molecule has 0 bridgehead atoms. The van der Waals surface area contributed by atoms with Crippen molar-refractivity contribution in [3.8, 4) is 33.0 Å². The van der Waals surface area contributed by atoms with Crippen LogP contribution in [0.5, 0.6) is 0 Å². The molecule has 0 atom stereocenters. The standard InChI is InChI=1S/C28H30N6O2S/c1-4-5-12-26-29-24(28(35-2)36-3)18-34(26)17-19-13-14-21(23(16-19)25-11-8-15-37-25)20-9-6-7-10-22(20)27-30-32-33-31-27/h6-11,13-16,18,28H,4-5,12,17H2,1-3H3,(H,30,31,32,33). The Morgan fingerprint density at radius 2 is 1.78 bits per heavy atom. The van der Waals surface area contributed by atoms with Crippen molar-refractivity contribution in [3.63, 3.8) is 0 Å². The van der Waals surface area contributed by atoms with Gasteiger partial charge < -0.3 is 14.0 Å². The van der Waals surface area contributed by atoms with Gasteiger partial charge in [-0.2, -0.15) is 5.21 Å². The van der Waals surface area contributed by atoms with Gasteiger partial charge in [-0.05, 0) is 51.4 Å². The average Bonchev–Trinajstić information content (AvgIpc) is 3.71. The van der Waals surface area contributed by atoms with E-state index in [1.54, 1.807) is 25.6 Å². The zero-order chi connectivity index (χ0) is 25.6. The van der Waals surface area contributed by atoms with Crippen molar-refractivity contribution >= 4 is 11.3 Å². The maximum atomic E-state index is 5.47. The number of aromatic nitrogens is 6. The number of aryl methyl sites for hydroxylation is 1. The third-order valence-corrected chi connectivity index (χ3v) is 7.23. The second kappa shape index (κ2) is 11.6. The number of thiophene rings is 1. The van der Waals surface area contributed by atoms with E-state index in [4.69, 9.17) is 14.5 Å². The number of nitrogens with zero attached hydrogens (tertiary/aromatic N) is 5. The van der Waals surface area contributed by atoms with Crippen LogP contribution in [0.15, 0.2) is 66.2 Å². The molecule has 0 aliphatic rings. The van der Waals surface area contributed by atoms with Gasteiger partial charge >= 0.3 is 0 Å². The Balaban J connectivity index is 1.56. The fourth-order valence-electron chi connectivity index (χ4n) is 4.54. The molecule has 0 unspecified atom stereocenters. The SMILES string of the molecule is CCCCc1nc(C(OC)OC)cn1Cc1ccc(-c2ccccc2-c2nn[nH]n2)c(-c2cccs2)c1. The van der Waals surface area contributed by atoms with Crippen LogP contribution in [0.25, 0.3) is 33.0 Å². The molecule has 0 radical (unpaired) electrons. The van der Waals surface area contributed by atoms with Gasteiger partial charge in [-0.3, -0.25) is 0 Å². The normalized spacial score (nSPS) is 11.5. The summed E-state index contributed by atoms with van der Waals surface area (Å²) < 4.78 is 13.2. The van der Waals surface area contributed by atoms with Crippen LogP contribution in [0, 0.1) is 0 Å². The largest absolute Gasteiger partial charge is 0.350 e. The molecule has 37 heavy (non-hydrogen) atoms. The van der Waals surface area contributed by atoms with E-state index in [2.05, 4.69) is 73.9 Å². The lowest BCUT2D eigenvalue weighted by Crippen LogP contribution is -2.05. The van der Waals surface area contributed by atoms with Gasteiger partial charge in [0.2, 0.25) is 12.1 Å². The molecule has 0 spiro atoms. The van der Waals surface area contributed by atoms with E-state index in [0.29, 0.717) is 12.4 Å². The number of rotatable bonds is 11. The summed E-state index contributed by atoms with van der Waals surface area (Å²) in [6.07, 6.45) is 4.66. The van der Waals surface area contributed by atoms with E-state index in [0.717, 1.165) is 47.5 Å². The van der Waals surface area contributed by atoms with E-state index >= 15 is 0 Å². The highest BCUT2D eigenvalue weighted by Crippen LogP contribution is 2.39. The average molecular weight is 515 g/mol. The maximum absolute atomic E-state index is 5.47. The minimum Gasteiger partial charge on any atom is -0.350 e. The van der Waals surface area contributed by atoms with Crippen LogP contribution in [0.1, 0.15) is 43.1 Å². The van der Waals surface area contributed by atoms with E-state index < -0.39 is 6.29 Å². The zero-order valence-electron chi connectivity index (χ0n) is 21.2. The molecular formula is C28H30N6O2S. The molecule has 3 aromatic heterocycles. The molecule has 0 saturated heterocycles. The predicted octanol–water partition coefficient (Wildman–Crippen LogP) is 6.14. The molecule has 2 aromatic carbocycles. The number of hydrogen-bond donors (Lipinski definition) is 1. The maximum Gasteiger partial charge on any atom is 0.205 e. The predicted molar refractivity (Wildman–Crippen MR) is 145 cm³/mol. The fraction of sp³-hybridized carbons (Fsp3) is 0.286. The highest BCUT2D eigenvalue weighted by Gasteiger charge is 2.19. The molecule has 5 aromatic rings. The fourth-order valence-corrected chi connectivity index (χ4v) is 5.30. The first-order valence-electron chi connectivity index (χ1n) is 12.3. The number of aromatic amines is 1. The summed E-state index contributed by atoms with van der Waals surface area (Å²) in [6, 6.07) is 19.1. The van der Waals surface area contributed by atoms with Gasteiger partial charge in [0, 0.05) is 43.8 Å². The van der Waals surface area contributed by atoms with Crippen molar-refractivity contribution in [1.29, 1.82) is 0 Å². The molecule has 8 nitrogen and oxygen atoms in total. The van der Waals surface area contributed by atoms with E-state index in [1.165, 1.54) is 16.0 Å². The molecule has 1 N–H and O–H groups in total. The summed E-state index contributed by atoms with van der Waals surface area (Å²) >= 11 is 1.73. The number of imidazole rings is 1. The Labute approximate surface area is 220 Å². The minimum absolute atomic E-state index is 0.479. The van der Waals surface area contributed by atoms with Crippen LogP contribution in [0.2, 0.25) is 0 Å². The summed E-state index contributed by atoms with van der Waals surface area (Å²) in [4.78, 5) is 6.06. The van der Waals surface area contributed by atoms with E-state index in [-0.39, 0.29) is 0 Å². The van der Waals surface area contributed by atoms with Gasteiger partial charge in [-0.15, -0.1) is 21.5 Å². The highest BCUT2D eigenvalue weighted by atomic mass is 32.1. The molecule has 3 heterocycles. The number of ether oxygens (including phenoxy) is 2. The third-order valence-electron chi connectivity index (χ3n) is 6.33. The number of hydrogen-bond acceptors (Lipinski definition) is 7. The lowest BCUT2D eigenvalue weighted by atomic mass is 9.93. The van der Waals surface area contributed by atoms with Gasteiger partial charge in [0.05, 0.1) is 0 Å². The Morgan fingerprint density at radius 1 is 0.973 bits per heavy atom. The number of nitrogens with one attached hydrogen (secondary N) is 1. The molecule has 5 rings (SSSR count). The second-order valence-electron chi connectivity index (χ2n) is 8.76. The van der Waals surface area contributed by atoms with Crippen molar-refractivity contribution in [2.24, 2.45) is 0 Å². The molecule has 190 valence electrons. The molecule has 0 aliphatic heterocycles. The number of methoxy groups -OCH3 is 2. The first-order valence-corrected chi connectivity index (χ1v) is 13.2.